The number of methoxy groups -OCH3 is 1. The van der Waals surface area contributed by atoms with E-state index in [2.05, 4.69) is 34.6 Å². The van der Waals surface area contributed by atoms with Gasteiger partial charge in [0.2, 0.25) is 11.3 Å². The summed E-state index contributed by atoms with van der Waals surface area (Å²) in [5.41, 5.74) is 5.10. The standard InChI is InChI=1S/C34H48N2O4S.BrH/c1-4-5-6-7-8-9-10-11-12-13-14-17-23-39-34-31(38-3)21-18-22-32(34)40-25-33(37)35-30-20-16-15-19-29(30)24-36-27-41-26-28(36)2;/h15-16,18-22,26-27H,4-14,17,23-25H2,1-3H3;1H. The molecule has 1 N–H and O–H groups in total. The summed E-state index contributed by atoms with van der Waals surface area (Å²) in [5.74, 6) is 1.45. The Morgan fingerprint density at radius 1 is 0.833 bits per heavy atom. The molecule has 0 aliphatic heterocycles. The Morgan fingerprint density at radius 2 is 1.48 bits per heavy atom. The molecule has 2 aromatic carbocycles. The number of anilines is 1. The number of amides is 1. The molecule has 0 aliphatic rings. The molecule has 1 aromatic heterocycles. The fourth-order valence-electron chi connectivity index (χ4n) is 4.84. The zero-order valence-electron chi connectivity index (χ0n) is 25.7. The second-order valence-corrected chi connectivity index (χ2v) is 11.4. The molecule has 6 nitrogen and oxygen atoms in total. The third-order valence-electron chi connectivity index (χ3n) is 7.28. The largest absolute Gasteiger partial charge is 1.00 e. The second-order valence-electron chi connectivity index (χ2n) is 10.6. The van der Waals surface area contributed by atoms with Crippen molar-refractivity contribution >= 4 is 22.9 Å². The molecule has 3 rings (SSSR count). The minimum Gasteiger partial charge on any atom is -1.00 e. The fourth-order valence-corrected chi connectivity index (χ4v) is 5.62. The number of thiazole rings is 1. The zero-order chi connectivity index (χ0) is 29.1. The zero-order valence-corrected chi connectivity index (χ0v) is 28.1. The molecule has 0 spiro atoms. The van der Waals surface area contributed by atoms with Crippen LogP contribution in [0.3, 0.4) is 0 Å². The van der Waals surface area contributed by atoms with E-state index in [-0.39, 0.29) is 29.5 Å². The summed E-state index contributed by atoms with van der Waals surface area (Å²) in [5, 5.41) is 5.12. The third-order valence-corrected chi connectivity index (χ3v) is 8.13. The maximum atomic E-state index is 12.8. The van der Waals surface area contributed by atoms with Crippen LogP contribution in [0.15, 0.2) is 53.4 Å². The Kier molecular flexibility index (Phi) is 17.9. The fraction of sp³-hybridized carbons (Fsp3) is 0.529. The van der Waals surface area contributed by atoms with E-state index >= 15 is 0 Å². The Bertz CT molecular complexity index is 1170. The molecule has 0 saturated heterocycles. The minimum atomic E-state index is -0.223. The number of rotatable bonds is 21. The molecule has 0 unspecified atom stereocenters. The number of nitrogens with one attached hydrogen (secondary N) is 1. The van der Waals surface area contributed by atoms with Crippen molar-refractivity contribution in [1.29, 1.82) is 0 Å². The van der Waals surface area contributed by atoms with E-state index in [0.29, 0.717) is 30.4 Å². The van der Waals surface area contributed by atoms with Gasteiger partial charge in [0, 0.05) is 12.5 Å². The van der Waals surface area contributed by atoms with Gasteiger partial charge in [-0.05, 0) is 24.6 Å². The van der Waals surface area contributed by atoms with E-state index in [4.69, 9.17) is 14.2 Å². The number of carbonyl (C=O) groups excluding carboxylic acids is 1. The van der Waals surface area contributed by atoms with Crippen molar-refractivity contribution in [3.63, 3.8) is 0 Å². The molecule has 1 amide bonds. The predicted octanol–water partition coefficient (Wildman–Crippen LogP) is 5.50. The molecule has 1 heterocycles. The molecule has 0 atom stereocenters. The van der Waals surface area contributed by atoms with E-state index in [1.54, 1.807) is 18.4 Å². The average Bonchev–Trinajstić information content (AvgIpc) is 3.39. The number of halogens is 1. The number of ether oxygens (including phenoxy) is 3. The van der Waals surface area contributed by atoms with Gasteiger partial charge in [-0.15, -0.1) is 0 Å². The summed E-state index contributed by atoms with van der Waals surface area (Å²) in [6.45, 7) is 5.51. The number of benzene rings is 2. The molecular formula is C34H49BrN2O4S. The predicted molar refractivity (Wildman–Crippen MR) is 168 cm³/mol. The minimum absolute atomic E-state index is 0. The topological polar surface area (TPSA) is 60.7 Å². The van der Waals surface area contributed by atoms with Gasteiger partial charge in [-0.3, -0.25) is 4.79 Å². The normalized spacial score (nSPS) is 10.6. The molecular weight excluding hydrogens is 612 g/mol. The molecule has 0 aliphatic carbocycles. The van der Waals surface area contributed by atoms with E-state index in [1.807, 2.05) is 42.5 Å². The third kappa shape index (κ3) is 12.7. The Morgan fingerprint density at radius 3 is 2.12 bits per heavy atom. The number of carbonyl (C=O) groups is 1. The second kappa shape index (κ2) is 21.2. The van der Waals surface area contributed by atoms with Crippen LogP contribution in [-0.2, 0) is 11.3 Å². The van der Waals surface area contributed by atoms with Crippen LogP contribution in [0.2, 0.25) is 0 Å². The summed E-state index contributed by atoms with van der Waals surface area (Å²) in [4.78, 5) is 12.8. The number of unbranched alkanes of at least 4 members (excludes halogenated alkanes) is 11. The lowest BCUT2D eigenvalue weighted by Gasteiger charge is -2.16. The van der Waals surface area contributed by atoms with Crippen molar-refractivity contribution in [2.75, 3.05) is 25.6 Å². The first kappa shape index (κ1) is 35.6. The molecule has 0 bridgehead atoms. The summed E-state index contributed by atoms with van der Waals surface area (Å²) < 4.78 is 19.7. The van der Waals surface area contributed by atoms with Gasteiger partial charge in [0.1, 0.15) is 0 Å². The van der Waals surface area contributed by atoms with Gasteiger partial charge in [-0.2, -0.15) is 4.57 Å². The van der Waals surface area contributed by atoms with Crippen LogP contribution in [0.4, 0.5) is 5.69 Å². The van der Waals surface area contributed by atoms with Crippen molar-refractivity contribution in [1.82, 2.24) is 0 Å². The van der Waals surface area contributed by atoms with E-state index < -0.39 is 0 Å². The number of hydrogen-bond donors (Lipinski definition) is 1. The van der Waals surface area contributed by atoms with E-state index in [0.717, 1.165) is 24.1 Å². The van der Waals surface area contributed by atoms with Crippen LogP contribution in [-0.4, -0.2) is 26.2 Å². The highest BCUT2D eigenvalue weighted by molar-refractivity contribution is 7.07. The maximum Gasteiger partial charge on any atom is 0.262 e. The monoisotopic (exact) mass is 660 g/mol. The van der Waals surface area contributed by atoms with Gasteiger partial charge < -0.3 is 36.5 Å². The van der Waals surface area contributed by atoms with Gasteiger partial charge in [-0.1, -0.05) is 113 Å². The highest BCUT2D eigenvalue weighted by Gasteiger charge is 2.16. The van der Waals surface area contributed by atoms with Crippen molar-refractivity contribution in [3.05, 3.63) is 64.6 Å². The van der Waals surface area contributed by atoms with Gasteiger partial charge in [0.25, 0.3) is 5.91 Å². The average molecular weight is 662 g/mol. The molecule has 232 valence electrons. The van der Waals surface area contributed by atoms with Crippen molar-refractivity contribution < 1.29 is 40.6 Å². The number of para-hydroxylation sites is 2. The van der Waals surface area contributed by atoms with Crippen LogP contribution >= 0.6 is 11.3 Å². The Labute approximate surface area is 267 Å². The lowest BCUT2D eigenvalue weighted by atomic mass is 10.1. The number of nitrogens with zero attached hydrogens (tertiary/aromatic N) is 1. The van der Waals surface area contributed by atoms with Crippen molar-refractivity contribution in [2.24, 2.45) is 0 Å². The summed E-state index contributed by atoms with van der Waals surface area (Å²) in [7, 11) is 1.62. The molecule has 3 aromatic rings. The molecule has 0 radical (unpaired) electrons. The number of aromatic nitrogens is 1. The van der Waals surface area contributed by atoms with Gasteiger partial charge in [0.05, 0.1) is 24.8 Å². The first-order valence-corrected chi connectivity index (χ1v) is 16.3. The molecule has 0 saturated carbocycles. The smallest absolute Gasteiger partial charge is 0.262 e. The van der Waals surface area contributed by atoms with Crippen LogP contribution in [0.5, 0.6) is 17.2 Å². The SMILES string of the molecule is CCCCCCCCCCCCCCOc1c(OC)cccc1OCC(=O)Nc1ccccc1C[n+]1cscc1C.[Br-]. The lowest BCUT2D eigenvalue weighted by Crippen LogP contribution is -3.00. The van der Waals surface area contributed by atoms with Crippen LogP contribution in [0.1, 0.15) is 95.2 Å². The van der Waals surface area contributed by atoms with Crippen LogP contribution in [0, 0.1) is 6.92 Å². The Hall–Kier alpha value is -2.58. The highest BCUT2D eigenvalue weighted by atomic mass is 79.9. The van der Waals surface area contributed by atoms with Gasteiger partial charge >= 0.3 is 0 Å². The van der Waals surface area contributed by atoms with Crippen LogP contribution < -0.4 is 41.1 Å². The first-order chi connectivity index (χ1) is 20.1. The van der Waals surface area contributed by atoms with Crippen molar-refractivity contribution in [2.45, 2.75) is 97.4 Å². The first-order valence-electron chi connectivity index (χ1n) is 15.3. The lowest BCUT2D eigenvalue weighted by molar-refractivity contribution is -0.689. The van der Waals surface area contributed by atoms with E-state index in [1.165, 1.54) is 69.9 Å². The highest BCUT2D eigenvalue weighted by Crippen LogP contribution is 2.37. The summed E-state index contributed by atoms with van der Waals surface area (Å²) in [6.07, 6.45) is 15.6. The molecule has 8 heteroatoms. The van der Waals surface area contributed by atoms with E-state index in [9.17, 15) is 4.79 Å². The number of aryl methyl sites for hydroxylation is 1. The quantitative estimate of drug-likeness (QED) is 0.121. The van der Waals surface area contributed by atoms with Gasteiger partial charge in [-0.25, -0.2) is 0 Å². The maximum absolute atomic E-state index is 12.8. The molecule has 42 heavy (non-hydrogen) atoms. The summed E-state index contributed by atoms with van der Waals surface area (Å²) in [6, 6.07) is 13.4. The van der Waals surface area contributed by atoms with Crippen LogP contribution in [0.25, 0.3) is 0 Å². The Balaban J connectivity index is 0.00000616. The van der Waals surface area contributed by atoms with Gasteiger partial charge in [0.15, 0.2) is 30.3 Å². The number of hydrogen-bond acceptors (Lipinski definition) is 5. The molecule has 0 fully saturated rings. The van der Waals surface area contributed by atoms with Crippen molar-refractivity contribution in [3.8, 4) is 17.2 Å². The summed E-state index contributed by atoms with van der Waals surface area (Å²) >= 11 is 1.66.